The molecular weight excluding hydrogens is 364 g/mol. The zero-order valence-electron chi connectivity index (χ0n) is 14.0. The Morgan fingerprint density at radius 1 is 1.38 bits per heavy atom. The second-order valence-corrected chi connectivity index (χ2v) is 6.95. The molecule has 2 aromatic heterocycles. The number of nitrogens with zero attached hydrogens (tertiary/aromatic N) is 3. The van der Waals surface area contributed by atoms with Crippen LogP contribution in [0.1, 0.15) is 50.6 Å². The number of hydrogen-bond donors (Lipinski definition) is 1. The summed E-state index contributed by atoms with van der Waals surface area (Å²) in [5.41, 5.74) is 3.03. The summed E-state index contributed by atoms with van der Waals surface area (Å²) >= 11 is 3.57. The number of halogens is 1. The molecular formula is C19H23BrN4. The Morgan fingerprint density at radius 2 is 2.17 bits per heavy atom. The van der Waals surface area contributed by atoms with Crippen molar-refractivity contribution in [3.63, 3.8) is 0 Å². The Balaban J connectivity index is 2.01. The summed E-state index contributed by atoms with van der Waals surface area (Å²) in [6, 6.07) is 2.15. The molecule has 2 heterocycles. The Bertz CT molecular complexity index is 782. The fraction of sp³-hybridized carbons (Fsp3) is 0.368. The lowest BCUT2D eigenvalue weighted by Gasteiger charge is -2.22. The molecule has 0 unspecified atom stereocenters. The van der Waals surface area contributed by atoms with Crippen LogP contribution in [0.2, 0.25) is 0 Å². The minimum absolute atomic E-state index is 0.545. The van der Waals surface area contributed by atoms with Crippen LogP contribution in [-0.2, 0) is 0 Å². The summed E-state index contributed by atoms with van der Waals surface area (Å²) in [4.78, 5) is 4.87. The summed E-state index contributed by atoms with van der Waals surface area (Å²) in [6.07, 6.45) is 15.9. The molecule has 0 aliphatic heterocycles. The number of aromatic nitrogens is 3. The van der Waals surface area contributed by atoms with E-state index in [0.717, 1.165) is 27.3 Å². The van der Waals surface area contributed by atoms with Crippen LogP contribution in [0.25, 0.3) is 5.65 Å². The first-order valence-corrected chi connectivity index (χ1v) is 9.29. The zero-order valence-corrected chi connectivity index (χ0v) is 15.6. The van der Waals surface area contributed by atoms with E-state index in [4.69, 9.17) is 4.98 Å². The topological polar surface area (TPSA) is 42.2 Å². The fourth-order valence-corrected chi connectivity index (χ4v) is 3.53. The lowest BCUT2D eigenvalue weighted by Crippen LogP contribution is -2.11. The molecule has 1 aliphatic rings. The summed E-state index contributed by atoms with van der Waals surface area (Å²) in [6.45, 7) is 5.74. The van der Waals surface area contributed by atoms with Gasteiger partial charge in [-0.15, -0.1) is 0 Å². The third kappa shape index (κ3) is 3.61. The van der Waals surface area contributed by atoms with Crippen LogP contribution in [-0.4, -0.2) is 14.6 Å². The lowest BCUT2D eigenvalue weighted by atomic mass is 9.87. The third-order valence-corrected chi connectivity index (χ3v) is 5.03. The number of nitrogens with one attached hydrogen (secondary N) is 1. The maximum Gasteiger partial charge on any atom is 0.171 e. The van der Waals surface area contributed by atoms with Gasteiger partial charge < -0.3 is 5.32 Å². The monoisotopic (exact) mass is 386 g/mol. The number of hydrogen-bond acceptors (Lipinski definition) is 3. The maximum atomic E-state index is 4.87. The molecule has 0 bridgehead atoms. The van der Waals surface area contributed by atoms with Gasteiger partial charge in [-0.05, 0) is 41.8 Å². The van der Waals surface area contributed by atoms with E-state index in [2.05, 4.69) is 39.0 Å². The predicted octanol–water partition coefficient (Wildman–Crippen LogP) is 5.60. The van der Waals surface area contributed by atoms with Crippen LogP contribution in [0, 0.1) is 0 Å². The van der Waals surface area contributed by atoms with Gasteiger partial charge in [0.05, 0.1) is 10.7 Å². The minimum Gasteiger partial charge on any atom is -0.340 e. The van der Waals surface area contributed by atoms with E-state index in [1.807, 2.05) is 29.7 Å². The largest absolute Gasteiger partial charge is 0.340 e. The molecule has 0 amide bonds. The SMILES string of the molecule is C=C/C=C\C(=C/C)Nc1cc(C2CCCCC2)nc2c(Br)cnn12. The van der Waals surface area contributed by atoms with Crippen LogP contribution in [0.5, 0.6) is 0 Å². The normalized spacial score (nSPS) is 16.8. The molecule has 0 aromatic carbocycles. The molecule has 5 heteroatoms. The highest BCUT2D eigenvalue weighted by Crippen LogP contribution is 2.34. The van der Waals surface area contributed by atoms with Crippen molar-refractivity contribution in [2.75, 3.05) is 5.32 Å². The Labute approximate surface area is 151 Å². The first kappa shape index (κ1) is 17.0. The third-order valence-electron chi connectivity index (χ3n) is 4.47. The predicted molar refractivity (Wildman–Crippen MR) is 103 cm³/mol. The average molecular weight is 387 g/mol. The van der Waals surface area contributed by atoms with Gasteiger partial charge in [-0.25, -0.2) is 4.98 Å². The molecule has 0 spiro atoms. The summed E-state index contributed by atoms with van der Waals surface area (Å²) in [5.74, 6) is 1.48. The van der Waals surface area contributed by atoms with Crippen LogP contribution < -0.4 is 5.32 Å². The fourth-order valence-electron chi connectivity index (χ4n) is 3.18. The molecule has 0 atom stereocenters. The van der Waals surface area contributed by atoms with Gasteiger partial charge in [-0.1, -0.05) is 44.1 Å². The maximum absolute atomic E-state index is 4.87. The van der Waals surface area contributed by atoms with Gasteiger partial charge in [0.2, 0.25) is 0 Å². The number of anilines is 1. The van der Waals surface area contributed by atoms with Crippen molar-refractivity contribution in [3.8, 4) is 0 Å². The Kier molecular flexibility index (Phi) is 5.51. The van der Waals surface area contributed by atoms with Gasteiger partial charge in [-0.3, -0.25) is 0 Å². The smallest absolute Gasteiger partial charge is 0.171 e. The number of allylic oxidation sites excluding steroid dienone is 4. The van der Waals surface area contributed by atoms with Gasteiger partial charge >= 0.3 is 0 Å². The minimum atomic E-state index is 0.545. The van der Waals surface area contributed by atoms with Crippen LogP contribution in [0.4, 0.5) is 5.82 Å². The number of rotatable bonds is 5. The van der Waals surface area contributed by atoms with E-state index >= 15 is 0 Å². The van der Waals surface area contributed by atoms with Crippen molar-refractivity contribution in [1.29, 1.82) is 0 Å². The molecule has 24 heavy (non-hydrogen) atoms. The van der Waals surface area contributed by atoms with Gasteiger partial charge in [0, 0.05) is 23.4 Å². The van der Waals surface area contributed by atoms with Gasteiger partial charge in [0.15, 0.2) is 5.65 Å². The molecule has 1 aliphatic carbocycles. The molecule has 1 fully saturated rings. The average Bonchev–Trinajstić information content (AvgIpc) is 3.00. The summed E-state index contributed by atoms with van der Waals surface area (Å²) in [5, 5.41) is 7.91. The van der Waals surface area contributed by atoms with E-state index in [0.29, 0.717) is 5.92 Å². The van der Waals surface area contributed by atoms with E-state index in [1.165, 1.54) is 32.1 Å². The van der Waals surface area contributed by atoms with Gasteiger partial charge in [0.1, 0.15) is 5.82 Å². The summed E-state index contributed by atoms with van der Waals surface area (Å²) in [7, 11) is 0. The highest BCUT2D eigenvalue weighted by Gasteiger charge is 2.20. The van der Waals surface area contributed by atoms with Crippen molar-refractivity contribution in [2.24, 2.45) is 0 Å². The number of fused-ring (bicyclic) bond motifs is 1. The van der Waals surface area contributed by atoms with E-state index < -0.39 is 0 Å². The van der Waals surface area contributed by atoms with Crippen molar-refractivity contribution in [1.82, 2.24) is 14.6 Å². The zero-order chi connectivity index (χ0) is 16.9. The van der Waals surface area contributed by atoms with Crippen molar-refractivity contribution in [3.05, 3.63) is 59.0 Å². The molecule has 1 N–H and O–H groups in total. The lowest BCUT2D eigenvalue weighted by molar-refractivity contribution is 0.437. The Hall–Kier alpha value is -1.88. The molecule has 1 saturated carbocycles. The quantitative estimate of drug-likeness (QED) is 0.680. The standard InChI is InChI=1S/C19H23BrN4/c1-3-5-11-15(4-2)22-18-12-17(14-9-7-6-8-10-14)23-19-16(20)13-21-24(18)19/h3-5,11-14,22H,1,6-10H2,2H3/b11-5-,15-4+. The van der Waals surface area contributed by atoms with Crippen LogP contribution in [0.3, 0.4) is 0 Å². The van der Waals surface area contributed by atoms with Gasteiger partial charge in [-0.2, -0.15) is 9.61 Å². The first-order chi connectivity index (χ1) is 11.7. The van der Waals surface area contributed by atoms with E-state index in [9.17, 15) is 0 Å². The first-order valence-electron chi connectivity index (χ1n) is 8.49. The summed E-state index contributed by atoms with van der Waals surface area (Å²) < 4.78 is 2.77. The highest BCUT2D eigenvalue weighted by atomic mass is 79.9. The molecule has 126 valence electrons. The van der Waals surface area contributed by atoms with Crippen LogP contribution in [0.15, 0.2) is 53.3 Å². The molecule has 0 radical (unpaired) electrons. The second-order valence-electron chi connectivity index (χ2n) is 6.09. The molecule has 0 saturated heterocycles. The van der Waals surface area contributed by atoms with Crippen molar-refractivity contribution < 1.29 is 0 Å². The van der Waals surface area contributed by atoms with Crippen molar-refractivity contribution >= 4 is 27.4 Å². The molecule has 2 aromatic rings. The second kappa shape index (κ2) is 7.79. The van der Waals surface area contributed by atoms with Gasteiger partial charge in [0.25, 0.3) is 0 Å². The van der Waals surface area contributed by atoms with E-state index in [-0.39, 0.29) is 0 Å². The van der Waals surface area contributed by atoms with E-state index in [1.54, 1.807) is 12.3 Å². The molecule has 3 rings (SSSR count). The van der Waals surface area contributed by atoms with Crippen LogP contribution >= 0.6 is 15.9 Å². The highest BCUT2D eigenvalue weighted by molar-refractivity contribution is 9.10. The van der Waals surface area contributed by atoms with Crippen molar-refractivity contribution in [2.45, 2.75) is 44.9 Å². The Morgan fingerprint density at radius 3 is 2.88 bits per heavy atom. The molecule has 4 nitrogen and oxygen atoms in total.